The first-order chi connectivity index (χ1) is 22.3. The van der Waals surface area contributed by atoms with Crippen LogP contribution in [-0.2, 0) is 19.2 Å². The average molecular weight is 663 g/mol. The Morgan fingerprint density at radius 1 is 0.957 bits per heavy atom. The number of alkyl halides is 2. The second kappa shape index (κ2) is 16.4. The maximum absolute atomic E-state index is 15.6. The number of ketones is 1. The molecule has 2 aliphatic carbocycles. The van der Waals surface area contributed by atoms with E-state index in [9.17, 15) is 19.2 Å². The highest BCUT2D eigenvalue weighted by Crippen LogP contribution is 2.41. The Morgan fingerprint density at radius 2 is 1.60 bits per heavy atom. The van der Waals surface area contributed by atoms with Crippen LogP contribution in [0.4, 0.5) is 18.9 Å². The van der Waals surface area contributed by atoms with Gasteiger partial charge in [0.15, 0.2) is 0 Å². The van der Waals surface area contributed by atoms with Crippen LogP contribution in [0.1, 0.15) is 103 Å². The second-order valence-electron chi connectivity index (χ2n) is 14.3. The van der Waals surface area contributed by atoms with Crippen LogP contribution in [0.2, 0.25) is 0 Å². The molecule has 2 N–H and O–H groups in total. The molecule has 1 heterocycles. The van der Waals surface area contributed by atoms with E-state index in [2.05, 4.69) is 22.5 Å². The number of rotatable bonds is 12. The molecule has 3 atom stereocenters. The largest absolute Gasteiger partial charge is 0.344 e. The lowest BCUT2D eigenvalue weighted by Crippen LogP contribution is -2.55. The van der Waals surface area contributed by atoms with Gasteiger partial charge in [0.1, 0.15) is 11.9 Å². The second-order valence-corrected chi connectivity index (χ2v) is 14.3. The van der Waals surface area contributed by atoms with E-state index < -0.39 is 53.6 Å². The van der Waals surface area contributed by atoms with Gasteiger partial charge < -0.3 is 20.4 Å². The number of amides is 3. The Hall–Kier alpha value is -2.95. The fourth-order valence-electron chi connectivity index (χ4n) is 7.42. The van der Waals surface area contributed by atoms with Crippen molar-refractivity contribution >= 4 is 29.2 Å². The van der Waals surface area contributed by atoms with E-state index in [0.717, 1.165) is 19.3 Å². The van der Waals surface area contributed by atoms with E-state index in [1.165, 1.54) is 12.1 Å². The number of benzene rings is 1. The van der Waals surface area contributed by atoms with E-state index in [4.69, 9.17) is 0 Å². The minimum Gasteiger partial charge on any atom is -0.344 e. The van der Waals surface area contributed by atoms with Crippen LogP contribution >= 0.6 is 0 Å². The molecular formula is C36H53F3N4O4. The van der Waals surface area contributed by atoms with Gasteiger partial charge in [-0.05, 0) is 62.3 Å². The van der Waals surface area contributed by atoms with Crippen molar-refractivity contribution in [2.24, 2.45) is 23.7 Å². The zero-order valence-corrected chi connectivity index (χ0v) is 28.5. The molecule has 1 aliphatic heterocycles. The summed E-state index contributed by atoms with van der Waals surface area (Å²) in [5.74, 6) is -8.94. The molecule has 3 fully saturated rings. The topological polar surface area (TPSA) is 98.8 Å². The highest BCUT2D eigenvalue weighted by Gasteiger charge is 2.48. The summed E-state index contributed by atoms with van der Waals surface area (Å²) in [5.41, 5.74) is 0.343. The third-order valence-corrected chi connectivity index (χ3v) is 10.9. The lowest BCUT2D eigenvalue weighted by molar-refractivity contribution is -0.156. The molecule has 0 radical (unpaired) electrons. The van der Waals surface area contributed by atoms with Crippen molar-refractivity contribution in [2.75, 3.05) is 38.5 Å². The molecule has 0 bridgehead atoms. The lowest BCUT2D eigenvalue weighted by atomic mass is 9.73. The maximum atomic E-state index is 15.6. The van der Waals surface area contributed by atoms with Crippen molar-refractivity contribution in [1.82, 2.24) is 15.1 Å². The van der Waals surface area contributed by atoms with Crippen LogP contribution in [0.25, 0.3) is 0 Å². The van der Waals surface area contributed by atoms with Crippen LogP contribution in [0.15, 0.2) is 18.2 Å². The van der Waals surface area contributed by atoms with E-state index in [-0.39, 0.29) is 29.8 Å². The van der Waals surface area contributed by atoms with Gasteiger partial charge in [0.2, 0.25) is 23.5 Å². The van der Waals surface area contributed by atoms with E-state index in [1.54, 1.807) is 24.8 Å². The fraction of sp³-hybridized carbons (Fsp3) is 0.722. The van der Waals surface area contributed by atoms with Crippen LogP contribution in [-0.4, -0.2) is 78.5 Å². The quantitative estimate of drug-likeness (QED) is 0.280. The highest BCUT2D eigenvalue weighted by atomic mass is 19.3. The number of carbonyl (C=O) groups is 4. The molecule has 8 nitrogen and oxygen atoms in total. The number of Topliss-reactive ketones (excluding diaryl/α,β-unsaturated/α-hetero) is 1. The van der Waals surface area contributed by atoms with E-state index in [1.807, 2.05) is 7.05 Å². The monoisotopic (exact) mass is 662 g/mol. The Labute approximate surface area is 277 Å². The Kier molecular flexibility index (Phi) is 12.9. The van der Waals surface area contributed by atoms with Crippen molar-refractivity contribution in [1.29, 1.82) is 0 Å². The SMILES string of the molecule is CCC(=O)N[C@@H](C(=O)N1CCN(C)CC1)[C@@H](C)c1ccc(NC(=O)[C@@H](CC(=O)C(F)(F)C2CCCCC2)C2CCC(C)CC2)c(F)c1. The number of anilines is 1. The van der Waals surface area contributed by atoms with Crippen LogP contribution in [0, 0.1) is 29.5 Å². The Balaban J connectivity index is 1.51. The number of halogens is 3. The minimum atomic E-state index is -3.49. The lowest BCUT2D eigenvalue weighted by Gasteiger charge is -2.36. The summed E-state index contributed by atoms with van der Waals surface area (Å²) in [6.45, 7) is 8.03. The van der Waals surface area contributed by atoms with Crippen LogP contribution < -0.4 is 10.6 Å². The predicted molar refractivity (Wildman–Crippen MR) is 176 cm³/mol. The first-order valence-corrected chi connectivity index (χ1v) is 17.6. The molecule has 2 saturated carbocycles. The third kappa shape index (κ3) is 9.36. The molecule has 262 valence electrons. The normalized spacial score (nSPS) is 23.4. The molecule has 0 unspecified atom stereocenters. The number of nitrogens with zero attached hydrogens (tertiary/aromatic N) is 2. The average Bonchev–Trinajstić information content (AvgIpc) is 3.07. The first-order valence-electron chi connectivity index (χ1n) is 17.6. The molecular weight excluding hydrogens is 609 g/mol. The van der Waals surface area contributed by atoms with Gasteiger partial charge in [-0.3, -0.25) is 19.2 Å². The van der Waals surface area contributed by atoms with E-state index >= 15 is 13.2 Å². The Bertz CT molecular complexity index is 1250. The van der Waals surface area contributed by atoms with Gasteiger partial charge in [0, 0.05) is 56.8 Å². The number of nitrogens with one attached hydrogen (secondary N) is 2. The summed E-state index contributed by atoms with van der Waals surface area (Å²) < 4.78 is 46.3. The van der Waals surface area contributed by atoms with Gasteiger partial charge in [-0.1, -0.05) is 58.9 Å². The highest BCUT2D eigenvalue weighted by molar-refractivity contribution is 5.97. The van der Waals surface area contributed by atoms with Crippen LogP contribution in [0.3, 0.4) is 0 Å². The number of hydrogen-bond donors (Lipinski definition) is 2. The zero-order chi connectivity index (χ0) is 34.3. The standard InChI is InChI=1S/C36H53F3N4O4/c1-5-32(45)41-33(35(47)43-19-17-42(4)18-20-43)24(3)26-15-16-30(29(37)21-26)40-34(46)28(25-13-11-23(2)12-14-25)22-31(44)36(38,39)27-9-7-6-8-10-27/h15-16,21,23-25,27-28,33H,5-14,17-20,22H2,1-4H3,(H,40,46)(H,41,45)/t23?,24-,25?,28-,33+/m0/s1. The molecule has 11 heteroatoms. The molecule has 3 amide bonds. The molecule has 0 spiro atoms. The van der Waals surface area contributed by atoms with E-state index in [0.29, 0.717) is 76.2 Å². The van der Waals surface area contributed by atoms with Gasteiger partial charge in [-0.2, -0.15) is 8.78 Å². The summed E-state index contributed by atoms with van der Waals surface area (Å²) in [6.07, 6.45) is 5.41. The van der Waals surface area contributed by atoms with Gasteiger partial charge in [0.25, 0.3) is 0 Å². The van der Waals surface area contributed by atoms with Crippen LogP contribution in [0.5, 0.6) is 0 Å². The predicted octanol–water partition coefficient (Wildman–Crippen LogP) is 6.15. The van der Waals surface area contributed by atoms with Crippen molar-refractivity contribution in [3.8, 4) is 0 Å². The van der Waals surface area contributed by atoms with Crippen molar-refractivity contribution in [2.45, 2.75) is 109 Å². The van der Waals surface area contributed by atoms with Gasteiger partial charge >= 0.3 is 5.92 Å². The molecule has 4 rings (SSSR count). The molecule has 3 aliphatic rings. The van der Waals surface area contributed by atoms with Crippen molar-refractivity contribution in [3.63, 3.8) is 0 Å². The third-order valence-electron chi connectivity index (χ3n) is 10.9. The molecule has 1 aromatic carbocycles. The van der Waals surface area contributed by atoms with Crippen molar-refractivity contribution in [3.05, 3.63) is 29.6 Å². The zero-order valence-electron chi connectivity index (χ0n) is 28.5. The summed E-state index contributed by atoms with van der Waals surface area (Å²) in [6, 6.07) is 3.34. The summed E-state index contributed by atoms with van der Waals surface area (Å²) in [4.78, 5) is 56.5. The maximum Gasteiger partial charge on any atom is 0.308 e. The number of piperazine rings is 1. The molecule has 1 saturated heterocycles. The summed E-state index contributed by atoms with van der Waals surface area (Å²) in [5, 5.41) is 5.43. The first kappa shape index (κ1) is 36.9. The Morgan fingerprint density at radius 3 is 2.19 bits per heavy atom. The number of carbonyl (C=O) groups excluding carboxylic acids is 4. The molecule has 0 aromatic heterocycles. The fourth-order valence-corrected chi connectivity index (χ4v) is 7.42. The number of hydrogen-bond acceptors (Lipinski definition) is 5. The smallest absolute Gasteiger partial charge is 0.308 e. The van der Waals surface area contributed by atoms with Gasteiger partial charge in [0.05, 0.1) is 5.69 Å². The van der Waals surface area contributed by atoms with Gasteiger partial charge in [-0.25, -0.2) is 4.39 Å². The minimum absolute atomic E-state index is 0.119. The summed E-state index contributed by atoms with van der Waals surface area (Å²) in [7, 11) is 1.98. The molecule has 47 heavy (non-hydrogen) atoms. The number of likely N-dealkylation sites (N-methyl/N-ethyl adjacent to an activating group) is 1. The van der Waals surface area contributed by atoms with Crippen molar-refractivity contribution < 1.29 is 32.3 Å². The van der Waals surface area contributed by atoms with Gasteiger partial charge in [-0.15, -0.1) is 0 Å². The summed E-state index contributed by atoms with van der Waals surface area (Å²) >= 11 is 0. The molecule has 1 aromatic rings.